The van der Waals surface area contributed by atoms with Crippen molar-refractivity contribution in [1.82, 2.24) is 9.55 Å². The summed E-state index contributed by atoms with van der Waals surface area (Å²) in [7, 11) is 0. The lowest BCUT2D eigenvalue weighted by molar-refractivity contribution is 0.442. The molecule has 5 nitrogen and oxygen atoms in total. The van der Waals surface area contributed by atoms with Gasteiger partial charge in [-0.2, -0.15) is 0 Å². The second-order valence-electron chi connectivity index (χ2n) is 4.69. The summed E-state index contributed by atoms with van der Waals surface area (Å²) in [6.07, 6.45) is 3.04. The molecule has 0 atom stereocenters. The van der Waals surface area contributed by atoms with Gasteiger partial charge in [-0.05, 0) is 40.2 Å². The van der Waals surface area contributed by atoms with Crippen LogP contribution in [-0.4, -0.2) is 9.55 Å². The summed E-state index contributed by atoms with van der Waals surface area (Å²) in [5.74, 6) is 0.0937. The van der Waals surface area contributed by atoms with E-state index >= 15 is 0 Å². The molecule has 0 aliphatic carbocycles. The molecule has 1 aromatic carbocycles. The summed E-state index contributed by atoms with van der Waals surface area (Å²) in [6.45, 7) is 0. The number of pyridine rings is 2. The van der Waals surface area contributed by atoms with Crippen LogP contribution in [0.5, 0.6) is 11.5 Å². The Bertz CT molecular complexity index is 927. The van der Waals surface area contributed by atoms with E-state index in [1.165, 1.54) is 35.0 Å². The zero-order chi connectivity index (χ0) is 16.4. The van der Waals surface area contributed by atoms with Crippen molar-refractivity contribution < 1.29 is 9.13 Å². The monoisotopic (exact) mass is 375 g/mol. The highest BCUT2D eigenvalue weighted by Crippen LogP contribution is 2.26. The normalized spacial score (nSPS) is 10.5. The van der Waals surface area contributed by atoms with Crippen LogP contribution in [-0.2, 0) is 0 Å². The summed E-state index contributed by atoms with van der Waals surface area (Å²) in [6, 6.07) is 10.4. The molecule has 2 aromatic heterocycles. The molecule has 0 bridgehead atoms. The summed E-state index contributed by atoms with van der Waals surface area (Å²) in [5, 5.41) is 0. The zero-order valence-corrected chi connectivity index (χ0v) is 13.3. The van der Waals surface area contributed by atoms with Crippen LogP contribution in [0.4, 0.5) is 10.2 Å². The molecule has 0 fully saturated rings. The van der Waals surface area contributed by atoms with Gasteiger partial charge in [0.1, 0.15) is 11.6 Å². The van der Waals surface area contributed by atoms with E-state index in [4.69, 9.17) is 10.5 Å². The maximum atomic E-state index is 14.3. The van der Waals surface area contributed by atoms with Gasteiger partial charge in [-0.1, -0.05) is 0 Å². The SMILES string of the molecule is Nc1cc(Oc2ccc(-n3cc(Br)ccc3=O)cc2F)ccn1. The van der Waals surface area contributed by atoms with Crippen LogP contribution < -0.4 is 16.0 Å². The van der Waals surface area contributed by atoms with E-state index < -0.39 is 5.82 Å². The van der Waals surface area contributed by atoms with E-state index in [0.717, 1.165) is 0 Å². The molecular formula is C16H11BrFN3O2. The van der Waals surface area contributed by atoms with Crippen molar-refractivity contribution in [3.8, 4) is 17.2 Å². The molecule has 0 radical (unpaired) electrons. The van der Waals surface area contributed by atoms with E-state index in [0.29, 0.717) is 15.9 Å². The fraction of sp³-hybridized carbons (Fsp3) is 0. The van der Waals surface area contributed by atoms with Crippen LogP contribution in [0.2, 0.25) is 0 Å². The first-order chi connectivity index (χ1) is 11.0. The summed E-state index contributed by atoms with van der Waals surface area (Å²) < 4.78 is 21.7. The number of nitrogens with two attached hydrogens (primary N) is 1. The van der Waals surface area contributed by atoms with Crippen LogP contribution in [0.25, 0.3) is 5.69 Å². The fourth-order valence-electron chi connectivity index (χ4n) is 2.00. The third kappa shape index (κ3) is 3.40. The van der Waals surface area contributed by atoms with Gasteiger partial charge < -0.3 is 10.5 Å². The van der Waals surface area contributed by atoms with Gasteiger partial charge in [-0.15, -0.1) is 0 Å². The molecular weight excluding hydrogens is 365 g/mol. The first-order valence-corrected chi connectivity index (χ1v) is 7.40. The number of aromatic nitrogens is 2. The third-order valence-corrected chi connectivity index (χ3v) is 3.52. The predicted molar refractivity (Wildman–Crippen MR) is 88.4 cm³/mol. The summed E-state index contributed by atoms with van der Waals surface area (Å²) in [5.41, 5.74) is 5.69. The third-order valence-electron chi connectivity index (χ3n) is 3.05. The Hall–Kier alpha value is -2.67. The number of anilines is 1. The first-order valence-electron chi connectivity index (χ1n) is 6.60. The predicted octanol–water partition coefficient (Wildman–Crippen LogP) is 3.51. The second kappa shape index (κ2) is 6.21. The molecule has 3 aromatic rings. The number of ether oxygens (including phenoxy) is 1. The molecule has 0 unspecified atom stereocenters. The highest BCUT2D eigenvalue weighted by Gasteiger charge is 2.09. The highest BCUT2D eigenvalue weighted by molar-refractivity contribution is 9.10. The topological polar surface area (TPSA) is 70.1 Å². The smallest absolute Gasteiger partial charge is 0.255 e. The van der Waals surface area contributed by atoms with Gasteiger partial charge in [-0.3, -0.25) is 9.36 Å². The molecule has 0 saturated carbocycles. The Labute approximate surface area is 139 Å². The van der Waals surface area contributed by atoms with Gasteiger partial charge in [0.05, 0.1) is 5.69 Å². The maximum Gasteiger partial charge on any atom is 0.255 e. The van der Waals surface area contributed by atoms with E-state index in [9.17, 15) is 9.18 Å². The standard InChI is InChI=1S/C16H11BrFN3O2/c17-10-1-4-16(22)21(9-10)11-2-3-14(13(18)7-11)23-12-5-6-20-15(19)8-12/h1-9H,(H2,19,20). The lowest BCUT2D eigenvalue weighted by Crippen LogP contribution is -2.16. The lowest BCUT2D eigenvalue weighted by Gasteiger charge is -2.10. The van der Waals surface area contributed by atoms with Crippen molar-refractivity contribution in [2.45, 2.75) is 0 Å². The van der Waals surface area contributed by atoms with Crippen molar-refractivity contribution in [2.24, 2.45) is 0 Å². The van der Waals surface area contributed by atoms with E-state index in [2.05, 4.69) is 20.9 Å². The van der Waals surface area contributed by atoms with Crippen LogP contribution in [0.15, 0.2) is 64.1 Å². The number of hydrogen-bond donors (Lipinski definition) is 1. The van der Waals surface area contributed by atoms with Crippen molar-refractivity contribution >= 4 is 21.7 Å². The van der Waals surface area contributed by atoms with Gasteiger partial charge in [0.15, 0.2) is 11.6 Å². The molecule has 2 N–H and O–H groups in total. The summed E-state index contributed by atoms with van der Waals surface area (Å²) in [4.78, 5) is 15.7. The van der Waals surface area contributed by atoms with Gasteiger partial charge in [0, 0.05) is 35.1 Å². The average Bonchev–Trinajstić information content (AvgIpc) is 2.52. The zero-order valence-electron chi connectivity index (χ0n) is 11.7. The number of rotatable bonds is 3. The van der Waals surface area contributed by atoms with Crippen molar-refractivity contribution in [1.29, 1.82) is 0 Å². The van der Waals surface area contributed by atoms with Crippen LogP contribution in [0.1, 0.15) is 0 Å². The quantitative estimate of drug-likeness (QED) is 0.760. The first kappa shape index (κ1) is 15.2. The van der Waals surface area contributed by atoms with Crippen molar-refractivity contribution in [3.63, 3.8) is 0 Å². The molecule has 3 rings (SSSR count). The number of halogens is 2. The van der Waals surface area contributed by atoms with Gasteiger partial charge >= 0.3 is 0 Å². The number of benzene rings is 1. The summed E-state index contributed by atoms with van der Waals surface area (Å²) >= 11 is 3.28. The molecule has 0 amide bonds. The Balaban J connectivity index is 1.95. The van der Waals surface area contributed by atoms with Crippen molar-refractivity contribution in [3.05, 3.63) is 75.5 Å². The van der Waals surface area contributed by atoms with E-state index in [-0.39, 0.29) is 17.1 Å². The van der Waals surface area contributed by atoms with Gasteiger partial charge in [0.25, 0.3) is 5.56 Å². The van der Waals surface area contributed by atoms with Crippen molar-refractivity contribution in [2.75, 3.05) is 5.73 Å². The van der Waals surface area contributed by atoms with E-state index in [1.54, 1.807) is 24.4 Å². The molecule has 0 aliphatic heterocycles. The molecule has 0 spiro atoms. The van der Waals surface area contributed by atoms with E-state index in [1.807, 2.05) is 0 Å². The Morgan fingerprint density at radius 2 is 2.00 bits per heavy atom. The molecule has 7 heteroatoms. The largest absolute Gasteiger partial charge is 0.454 e. The Morgan fingerprint density at radius 3 is 2.74 bits per heavy atom. The minimum atomic E-state index is -0.593. The molecule has 0 aliphatic rings. The van der Waals surface area contributed by atoms with Gasteiger partial charge in [0.2, 0.25) is 0 Å². The lowest BCUT2D eigenvalue weighted by atomic mass is 10.2. The maximum absolute atomic E-state index is 14.3. The molecule has 2 heterocycles. The minimum Gasteiger partial charge on any atom is -0.454 e. The molecule has 0 saturated heterocycles. The van der Waals surface area contributed by atoms with Gasteiger partial charge in [-0.25, -0.2) is 9.37 Å². The van der Waals surface area contributed by atoms with Crippen LogP contribution >= 0.6 is 15.9 Å². The highest BCUT2D eigenvalue weighted by atomic mass is 79.9. The Kier molecular flexibility index (Phi) is 4.12. The minimum absolute atomic E-state index is 0.0300. The second-order valence-corrected chi connectivity index (χ2v) is 5.60. The fourth-order valence-corrected chi connectivity index (χ4v) is 2.34. The van der Waals surface area contributed by atoms with Crippen LogP contribution in [0.3, 0.4) is 0 Å². The number of nitrogens with zero attached hydrogens (tertiary/aromatic N) is 2. The van der Waals surface area contributed by atoms with Crippen LogP contribution in [0, 0.1) is 5.82 Å². The number of nitrogen functional groups attached to an aromatic ring is 1. The number of hydrogen-bond acceptors (Lipinski definition) is 4. The molecule has 23 heavy (non-hydrogen) atoms. The Morgan fingerprint density at radius 1 is 1.17 bits per heavy atom. The molecule has 116 valence electrons. The average molecular weight is 376 g/mol.